The zero-order valence-electron chi connectivity index (χ0n) is 47.8. The highest BCUT2D eigenvalue weighted by Gasteiger charge is 2.23. The van der Waals surface area contributed by atoms with Gasteiger partial charge in [0.15, 0.2) is 11.6 Å². The van der Waals surface area contributed by atoms with E-state index >= 15 is 0 Å². The van der Waals surface area contributed by atoms with Crippen LogP contribution in [-0.4, -0.2) is 24.1 Å². The van der Waals surface area contributed by atoms with Gasteiger partial charge in [0.2, 0.25) is 5.95 Å². The molecule has 0 amide bonds. The maximum absolute atomic E-state index is 9.82. The zero-order chi connectivity index (χ0) is 53.5. The normalized spacial score (nSPS) is 16.3. The molecule has 11 rings (SSSR count). The fourth-order valence-electron chi connectivity index (χ4n) is 6.94. The lowest BCUT2D eigenvalue weighted by atomic mass is 10.0. The Morgan fingerprint density at radius 2 is 0.946 bits per heavy atom. The van der Waals surface area contributed by atoms with Gasteiger partial charge in [0.25, 0.3) is 0 Å². The van der Waals surface area contributed by atoms with Crippen LogP contribution in [0.2, 0.25) is 0 Å². The smallest absolute Gasteiger partial charge is 0.238 e. The summed E-state index contributed by atoms with van der Waals surface area (Å²) in [4.78, 5) is 14.7. The van der Waals surface area contributed by atoms with E-state index in [1.54, 1.807) is 42.5 Å². The topological polar surface area (TPSA) is 48.5 Å². The highest BCUT2D eigenvalue weighted by Crippen LogP contribution is 2.42. The Kier molecular flexibility index (Phi) is 4.22. The summed E-state index contributed by atoms with van der Waals surface area (Å²) in [6.07, 6.45) is 0. The average molecular weight is 735 g/mol. The number of aromatic nitrogens is 5. The van der Waals surface area contributed by atoms with E-state index in [0.29, 0.717) is 11.1 Å². The van der Waals surface area contributed by atoms with E-state index in [-0.39, 0.29) is 44.8 Å². The highest BCUT2D eigenvalue weighted by atomic mass is 15.2. The summed E-state index contributed by atoms with van der Waals surface area (Å²) in [5, 5.41) is -1.28. The molecule has 0 aliphatic heterocycles. The molecule has 262 valence electrons. The summed E-state index contributed by atoms with van der Waals surface area (Å²) < 4.78 is 175. The molecule has 11 aromatic rings. The van der Waals surface area contributed by atoms with E-state index < -0.39 is 148 Å². The molecular formula is C51H33N5. The molecule has 0 saturated carbocycles. The molecule has 0 aliphatic rings. The fourth-order valence-corrected chi connectivity index (χ4v) is 6.94. The number of hydrogen-bond donors (Lipinski definition) is 0. The number of fused-ring (bicyclic) bond motifs is 7. The first-order valence-corrected chi connectivity index (χ1v) is 17.3. The summed E-state index contributed by atoms with van der Waals surface area (Å²) in [6, 6.07) is 10.4. The zero-order valence-corrected chi connectivity index (χ0v) is 28.8. The van der Waals surface area contributed by atoms with Crippen LogP contribution in [0.25, 0.3) is 100 Å². The summed E-state index contributed by atoms with van der Waals surface area (Å²) in [5.74, 6) is -0.137. The highest BCUT2D eigenvalue weighted by molar-refractivity contribution is 6.26. The molecule has 5 heteroatoms. The quantitative estimate of drug-likeness (QED) is 0.171. The van der Waals surface area contributed by atoms with Crippen LogP contribution < -0.4 is 0 Å². The first-order valence-electron chi connectivity index (χ1n) is 26.8. The molecule has 3 heterocycles. The molecule has 0 spiro atoms. The van der Waals surface area contributed by atoms with Crippen molar-refractivity contribution in [2.75, 3.05) is 0 Å². The number of para-hydroxylation sites is 2. The van der Waals surface area contributed by atoms with Crippen LogP contribution in [0.15, 0.2) is 200 Å². The minimum Gasteiger partial charge on any atom is -0.309 e. The molecule has 0 N–H and O–H groups in total. The summed E-state index contributed by atoms with van der Waals surface area (Å²) in [6.45, 7) is 0. The Morgan fingerprint density at radius 3 is 1.68 bits per heavy atom. The lowest BCUT2D eigenvalue weighted by molar-refractivity contribution is 0.955. The van der Waals surface area contributed by atoms with E-state index in [9.17, 15) is 11.0 Å². The van der Waals surface area contributed by atoms with Gasteiger partial charge in [-0.05, 0) is 52.5 Å². The molecule has 0 atom stereocenters. The van der Waals surface area contributed by atoms with Crippen molar-refractivity contribution < 1.29 is 26.0 Å². The van der Waals surface area contributed by atoms with Gasteiger partial charge >= 0.3 is 0 Å². The van der Waals surface area contributed by atoms with Crippen molar-refractivity contribution in [2.45, 2.75) is 0 Å². The lowest BCUT2D eigenvalue weighted by Gasteiger charge is -2.12. The lowest BCUT2D eigenvalue weighted by Crippen LogP contribution is -2.06. The molecule has 56 heavy (non-hydrogen) atoms. The van der Waals surface area contributed by atoms with Crippen molar-refractivity contribution in [2.24, 2.45) is 0 Å². The third-order valence-electron chi connectivity index (χ3n) is 9.44. The van der Waals surface area contributed by atoms with Crippen molar-refractivity contribution in [1.29, 1.82) is 0 Å². The average Bonchev–Trinajstić information content (AvgIpc) is 3.99. The molecule has 8 aromatic carbocycles. The van der Waals surface area contributed by atoms with Gasteiger partial charge in [0, 0.05) is 38.4 Å². The molecule has 3 aromatic heterocycles. The molecule has 0 bridgehead atoms. The van der Waals surface area contributed by atoms with Gasteiger partial charge in [-0.2, -0.15) is 9.97 Å². The second-order valence-corrected chi connectivity index (χ2v) is 12.6. The van der Waals surface area contributed by atoms with E-state index in [1.165, 1.54) is 4.57 Å². The van der Waals surface area contributed by atoms with Gasteiger partial charge in [-0.1, -0.05) is 170 Å². The minimum absolute atomic E-state index is 0.0782. The van der Waals surface area contributed by atoms with E-state index in [4.69, 9.17) is 30.0 Å². The molecule has 0 fully saturated rings. The van der Waals surface area contributed by atoms with Crippen LogP contribution in [0.5, 0.6) is 0 Å². The third kappa shape index (κ3) is 5.21. The second kappa shape index (κ2) is 13.0. The molecule has 0 aliphatic carbocycles. The fraction of sp³-hybridized carbons (Fsp3) is 0. The van der Waals surface area contributed by atoms with Crippen LogP contribution in [-0.2, 0) is 0 Å². The maximum Gasteiger partial charge on any atom is 0.238 e. The van der Waals surface area contributed by atoms with Crippen LogP contribution >= 0.6 is 0 Å². The van der Waals surface area contributed by atoms with Crippen molar-refractivity contribution >= 4 is 43.6 Å². The summed E-state index contributed by atoms with van der Waals surface area (Å²) in [7, 11) is 0. The molecule has 0 radical (unpaired) electrons. The van der Waals surface area contributed by atoms with Gasteiger partial charge in [-0.3, -0.25) is 4.57 Å². The minimum atomic E-state index is -0.932. The Morgan fingerprint density at radius 1 is 0.375 bits per heavy atom. The SMILES string of the molecule is [2H]c1c([2H])c([2H])c(-c2c([2H])c([2H])c([2H])c(-n3c4c([2H])c([2H])c([2H])c([2H])c4c4c3c([2H])c([2H])c3c5c([2H])c([2H])c([2H])c([2H])c5n(-c5nc(-c6ccccc6)nc(-c6ccc(-c7ccccc7)cc6)n5)c34)c2[2H])c([2H])c1[2H]. The largest absolute Gasteiger partial charge is 0.309 e. The van der Waals surface area contributed by atoms with Gasteiger partial charge < -0.3 is 4.57 Å². The Labute approximate surface area is 350 Å². The third-order valence-corrected chi connectivity index (χ3v) is 9.44. The predicted octanol–water partition coefficient (Wildman–Crippen LogP) is 12.7. The second-order valence-electron chi connectivity index (χ2n) is 12.6. The van der Waals surface area contributed by atoms with Gasteiger partial charge in [-0.15, -0.1) is 0 Å². The van der Waals surface area contributed by atoms with Crippen molar-refractivity contribution in [1.82, 2.24) is 24.1 Å². The van der Waals surface area contributed by atoms with E-state index in [1.807, 2.05) is 42.5 Å². The van der Waals surface area contributed by atoms with Gasteiger partial charge in [0.1, 0.15) is 0 Å². The Balaban J connectivity index is 1.37. The van der Waals surface area contributed by atoms with Crippen molar-refractivity contribution in [3.8, 4) is 56.7 Å². The Bertz CT molecular complexity index is 4300. The first-order chi connectivity index (χ1) is 35.7. The molecule has 5 nitrogen and oxygen atoms in total. The van der Waals surface area contributed by atoms with Crippen LogP contribution in [0, 0.1) is 0 Å². The van der Waals surface area contributed by atoms with Gasteiger partial charge in [-0.25, -0.2) is 4.98 Å². The van der Waals surface area contributed by atoms with E-state index in [2.05, 4.69) is 0 Å². The molecular weight excluding hydrogens is 683 g/mol. The van der Waals surface area contributed by atoms with Crippen molar-refractivity contribution in [3.63, 3.8) is 0 Å². The number of rotatable bonds is 6. The number of benzene rings is 8. The first kappa shape index (κ1) is 18.1. The molecule has 0 unspecified atom stereocenters. The predicted molar refractivity (Wildman–Crippen MR) is 230 cm³/mol. The number of hydrogen-bond acceptors (Lipinski definition) is 3. The maximum atomic E-state index is 9.82. The summed E-state index contributed by atoms with van der Waals surface area (Å²) in [5.41, 5.74) is -0.913. The standard InChI is InChI=1S/C51H33N5/c1-4-15-34(16-5-1)36-27-29-38(30-28-36)50-52-49(37-19-8-3-9-20-37)53-51(54-50)56-44-25-12-10-23-41(44)42-31-32-46-47(48(42)56)43-24-11-13-26-45(43)55(46)40-22-14-21-39(33-40)35-17-6-2-7-18-35/h1-33H/i2D,6D,7D,10D,11D,12D,13D,14D,17D,18D,21D,22D,23D,24D,25D,26D,31D,32D,33D. The van der Waals surface area contributed by atoms with Crippen LogP contribution in [0.1, 0.15) is 26.0 Å². The van der Waals surface area contributed by atoms with Crippen molar-refractivity contribution in [3.05, 3.63) is 200 Å². The van der Waals surface area contributed by atoms with Crippen LogP contribution in [0.3, 0.4) is 0 Å². The van der Waals surface area contributed by atoms with E-state index in [0.717, 1.165) is 15.7 Å². The Hall–Kier alpha value is -7.63. The van der Waals surface area contributed by atoms with Crippen LogP contribution in [0.4, 0.5) is 0 Å². The number of nitrogens with zero attached hydrogens (tertiary/aromatic N) is 5. The summed E-state index contributed by atoms with van der Waals surface area (Å²) >= 11 is 0. The molecule has 0 saturated heterocycles. The monoisotopic (exact) mass is 734 g/mol. The van der Waals surface area contributed by atoms with Gasteiger partial charge in [0.05, 0.1) is 48.1 Å².